The predicted molar refractivity (Wildman–Crippen MR) is 55.7 cm³/mol. The quantitative estimate of drug-likeness (QED) is 0.678. The van der Waals surface area contributed by atoms with Gasteiger partial charge in [-0.2, -0.15) is 0 Å². The lowest BCUT2D eigenvalue weighted by Crippen LogP contribution is -2.20. The van der Waals surface area contributed by atoms with Gasteiger partial charge in [0.05, 0.1) is 12.1 Å². The van der Waals surface area contributed by atoms with Crippen LogP contribution in [0.25, 0.3) is 0 Å². The van der Waals surface area contributed by atoms with Crippen molar-refractivity contribution in [3.8, 4) is 0 Å². The van der Waals surface area contributed by atoms with Gasteiger partial charge < -0.3 is 10.6 Å². The summed E-state index contributed by atoms with van der Waals surface area (Å²) in [6, 6.07) is 8.05. The van der Waals surface area contributed by atoms with E-state index in [9.17, 15) is 4.79 Å². The number of benzene rings is 1. The minimum absolute atomic E-state index is 0.0720. The van der Waals surface area contributed by atoms with Crippen molar-refractivity contribution in [3.63, 3.8) is 0 Å². The highest BCUT2D eigenvalue weighted by molar-refractivity contribution is 8.03. The van der Waals surface area contributed by atoms with E-state index in [1.54, 1.807) is 11.8 Å². The molecule has 14 heavy (non-hydrogen) atoms. The number of anilines is 1. The van der Waals surface area contributed by atoms with E-state index in [1.807, 2.05) is 18.2 Å². The molecule has 0 radical (unpaired) electrons. The van der Waals surface area contributed by atoms with Gasteiger partial charge in [-0.3, -0.25) is 4.79 Å². The first-order valence-corrected chi connectivity index (χ1v) is 5.21. The summed E-state index contributed by atoms with van der Waals surface area (Å²) in [6.07, 6.45) is 0.501. The highest BCUT2D eigenvalue weighted by Crippen LogP contribution is 2.41. The van der Waals surface area contributed by atoms with Crippen molar-refractivity contribution < 1.29 is 4.79 Å². The van der Waals surface area contributed by atoms with Gasteiger partial charge in [0.15, 0.2) is 0 Å². The predicted octanol–water partition coefficient (Wildman–Crippen LogP) is 1.89. The number of nitrogens with one attached hydrogen (secondary N) is 2. The monoisotopic (exact) mass is 204 g/mol. The van der Waals surface area contributed by atoms with Gasteiger partial charge in [0.1, 0.15) is 5.82 Å². The number of fused-ring (bicyclic) bond motifs is 1. The Morgan fingerprint density at radius 3 is 3.00 bits per heavy atom. The molecule has 0 saturated heterocycles. The number of carbonyl (C=O) groups is 1. The SMILES string of the molecule is O=C1CC2=C(N1)Nc1ccccc1S2. The lowest BCUT2D eigenvalue weighted by molar-refractivity contribution is -0.118. The van der Waals surface area contributed by atoms with Gasteiger partial charge in [-0.05, 0) is 12.1 Å². The zero-order valence-electron chi connectivity index (χ0n) is 7.33. The molecule has 0 bridgehead atoms. The van der Waals surface area contributed by atoms with E-state index in [2.05, 4.69) is 16.7 Å². The highest BCUT2D eigenvalue weighted by atomic mass is 32.2. The fourth-order valence-corrected chi connectivity index (χ4v) is 2.65. The minimum Gasteiger partial charge on any atom is -0.340 e. The third-order valence-electron chi connectivity index (χ3n) is 2.24. The summed E-state index contributed by atoms with van der Waals surface area (Å²) in [5.41, 5.74) is 1.07. The second kappa shape index (κ2) is 2.78. The van der Waals surface area contributed by atoms with Gasteiger partial charge in [-0.1, -0.05) is 23.9 Å². The Labute approximate surface area is 85.6 Å². The summed E-state index contributed by atoms with van der Waals surface area (Å²) in [7, 11) is 0. The number of hydrogen-bond acceptors (Lipinski definition) is 3. The summed E-state index contributed by atoms with van der Waals surface area (Å²) in [4.78, 5) is 13.4. The molecule has 3 rings (SSSR count). The largest absolute Gasteiger partial charge is 0.340 e. The van der Waals surface area contributed by atoms with E-state index in [0.29, 0.717) is 6.42 Å². The van der Waals surface area contributed by atoms with Crippen LogP contribution < -0.4 is 10.6 Å². The van der Waals surface area contributed by atoms with Crippen LogP contribution in [-0.4, -0.2) is 5.91 Å². The molecule has 0 fully saturated rings. The first kappa shape index (κ1) is 7.94. The van der Waals surface area contributed by atoms with Crippen molar-refractivity contribution in [2.75, 3.05) is 5.32 Å². The summed E-state index contributed by atoms with van der Waals surface area (Å²) < 4.78 is 0. The molecular formula is C10H8N2OS. The molecule has 1 amide bonds. The zero-order chi connectivity index (χ0) is 9.54. The van der Waals surface area contributed by atoms with Crippen LogP contribution in [-0.2, 0) is 4.79 Å². The lowest BCUT2D eigenvalue weighted by atomic mass is 10.3. The molecular weight excluding hydrogens is 196 g/mol. The maximum Gasteiger partial charge on any atom is 0.230 e. The standard InChI is InChI=1S/C10H8N2OS/c13-9-5-8-10(12-9)11-6-3-1-2-4-7(6)14-8/h1-4,11H,5H2,(H,12,13). The second-order valence-electron chi connectivity index (χ2n) is 3.25. The van der Waals surface area contributed by atoms with Crippen molar-refractivity contribution in [1.82, 2.24) is 5.32 Å². The normalized spacial score (nSPS) is 18.4. The molecule has 4 heteroatoms. The number of para-hydroxylation sites is 1. The fourth-order valence-electron chi connectivity index (χ4n) is 1.60. The smallest absolute Gasteiger partial charge is 0.230 e. The van der Waals surface area contributed by atoms with Crippen molar-refractivity contribution in [2.45, 2.75) is 11.3 Å². The van der Waals surface area contributed by atoms with Gasteiger partial charge in [-0.25, -0.2) is 0 Å². The minimum atomic E-state index is 0.0720. The van der Waals surface area contributed by atoms with Crippen molar-refractivity contribution >= 4 is 23.4 Å². The van der Waals surface area contributed by atoms with E-state index in [-0.39, 0.29) is 5.91 Å². The third kappa shape index (κ3) is 1.11. The Morgan fingerprint density at radius 2 is 2.07 bits per heavy atom. The molecule has 0 aromatic heterocycles. The third-order valence-corrected chi connectivity index (χ3v) is 3.42. The topological polar surface area (TPSA) is 41.1 Å². The number of hydrogen-bond donors (Lipinski definition) is 2. The summed E-state index contributed by atoms with van der Waals surface area (Å²) >= 11 is 1.67. The lowest BCUT2D eigenvalue weighted by Gasteiger charge is -2.18. The van der Waals surface area contributed by atoms with Crippen LogP contribution in [0.3, 0.4) is 0 Å². The highest BCUT2D eigenvalue weighted by Gasteiger charge is 2.26. The fraction of sp³-hybridized carbons (Fsp3) is 0.100. The van der Waals surface area contributed by atoms with Crippen LogP contribution in [0, 0.1) is 0 Å². The van der Waals surface area contributed by atoms with Gasteiger partial charge in [0, 0.05) is 9.80 Å². The van der Waals surface area contributed by atoms with Gasteiger partial charge in [-0.15, -0.1) is 0 Å². The van der Waals surface area contributed by atoms with Crippen LogP contribution in [0.5, 0.6) is 0 Å². The van der Waals surface area contributed by atoms with Crippen LogP contribution in [0.1, 0.15) is 6.42 Å². The molecule has 0 atom stereocenters. The summed E-state index contributed by atoms with van der Waals surface area (Å²) in [5, 5.41) is 6.02. The van der Waals surface area contributed by atoms with E-state index in [0.717, 1.165) is 16.4 Å². The van der Waals surface area contributed by atoms with Crippen molar-refractivity contribution in [2.24, 2.45) is 0 Å². The first-order chi connectivity index (χ1) is 6.83. The number of thioether (sulfide) groups is 1. The Bertz CT molecular complexity index is 414. The molecule has 0 unspecified atom stereocenters. The van der Waals surface area contributed by atoms with Crippen molar-refractivity contribution in [1.29, 1.82) is 0 Å². The molecule has 0 aliphatic carbocycles. The number of carbonyl (C=O) groups excluding carboxylic acids is 1. The average molecular weight is 204 g/mol. The van der Waals surface area contributed by atoms with Gasteiger partial charge in [0.2, 0.25) is 5.91 Å². The maximum absolute atomic E-state index is 11.2. The zero-order valence-corrected chi connectivity index (χ0v) is 8.15. The summed E-state index contributed by atoms with van der Waals surface area (Å²) in [6.45, 7) is 0. The maximum atomic E-state index is 11.2. The van der Waals surface area contributed by atoms with Gasteiger partial charge >= 0.3 is 0 Å². The van der Waals surface area contributed by atoms with Gasteiger partial charge in [0.25, 0.3) is 0 Å². The number of amides is 1. The molecule has 2 N–H and O–H groups in total. The molecule has 0 spiro atoms. The van der Waals surface area contributed by atoms with E-state index < -0.39 is 0 Å². The van der Waals surface area contributed by atoms with E-state index in [1.165, 1.54) is 4.90 Å². The molecule has 3 nitrogen and oxygen atoms in total. The Balaban J connectivity index is 2.01. The van der Waals surface area contributed by atoms with Crippen LogP contribution in [0.2, 0.25) is 0 Å². The van der Waals surface area contributed by atoms with Crippen molar-refractivity contribution in [3.05, 3.63) is 35.0 Å². The second-order valence-corrected chi connectivity index (χ2v) is 4.38. The van der Waals surface area contributed by atoms with E-state index in [4.69, 9.17) is 0 Å². The molecule has 0 saturated carbocycles. The van der Waals surface area contributed by atoms with Crippen LogP contribution in [0.4, 0.5) is 5.69 Å². The van der Waals surface area contributed by atoms with Crippen LogP contribution >= 0.6 is 11.8 Å². The number of rotatable bonds is 0. The molecule has 1 aromatic carbocycles. The Hall–Kier alpha value is -1.42. The first-order valence-electron chi connectivity index (χ1n) is 4.40. The average Bonchev–Trinajstić information content (AvgIpc) is 2.53. The summed E-state index contributed by atoms with van der Waals surface area (Å²) in [5.74, 6) is 0.932. The Morgan fingerprint density at radius 1 is 1.21 bits per heavy atom. The molecule has 2 heterocycles. The molecule has 2 aliphatic heterocycles. The molecule has 70 valence electrons. The van der Waals surface area contributed by atoms with Crippen LogP contribution in [0.15, 0.2) is 39.9 Å². The Kier molecular flexibility index (Phi) is 1.58. The molecule has 1 aromatic rings. The van der Waals surface area contributed by atoms with E-state index >= 15 is 0 Å². The molecule has 2 aliphatic rings.